The van der Waals surface area contributed by atoms with Gasteiger partial charge >= 0.3 is 5.97 Å². The van der Waals surface area contributed by atoms with Gasteiger partial charge in [0.25, 0.3) is 5.56 Å². The van der Waals surface area contributed by atoms with Crippen LogP contribution in [0.3, 0.4) is 0 Å². The minimum atomic E-state index is -0.546. The summed E-state index contributed by atoms with van der Waals surface area (Å²) in [5.74, 6) is 0.637. The highest BCUT2D eigenvalue weighted by molar-refractivity contribution is 6.32. The number of nitriles is 1. The van der Waals surface area contributed by atoms with E-state index in [1.165, 1.54) is 37.2 Å². The molecule has 0 atom stereocenters. The van der Waals surface area contributed by atoms with Crippen LogP contribution in [0.4, 0.5) is 0 Å². The van der Waals surface area contributed by atoms with Crippen molar-refractivity contribution in [2.24, 2.45) is 0 Å². The number of carbonyl (C=O) groups excluding carboxylic acids is 1. The first-order chi connectivity index (χ1) is 15.9. The standard InChI is InChI=1S/C23H22ClN3O6/c1-4-32-20-9-14(12-25)8-16(24)22(20)33-21(28)6-5-7-27-13-26-17-11-19(31-3)18(30-2)10-15(17)23(27)29/h8-11,13H,4-7H2,1-3H3. The van der Waals surface area contributed by atoms with Gasteiger partial charge in [-0.05, 0) is 25.5 Å². The third kappa shape index (κ3) is 5.35. The summed E-state index contributed by atoms with van der Waals surface area (Å²) in [5, 5.41) is 9.56. The largest absolute Gasteiger partial charge is 0.493 e. The lowest BCUT2D eigenvalue weighted by atomic mass is 10.2. The molecule has 0 spiro atoms. The number of hydrogen-bond acceptors (Lipinski definition) is 8. The molecule has 3 aromatic rings. The van der Waals surface area contributed by atoms with Crippen LogP contribution in [0.15, 0.2) is 35.4 Å². The average molecular weight is 472 g/mol. The Hall–Kier alpha value is -3.77. The van der Waals surface area contributed by atoms with Gasteiger partial charge in [0.15, 0.2) is 23.0 Å². The number of aryl methyl sites for hydroxylation is 1. The molecule has 0 amide bonds. The van der Waals surface area contributed by atoms with Crippen molar-refractivity contribution in [3.05, 3.63) is 51.5 Å². The summed E-state index contributed by atoms with van der Waals surface area (Å²) < 4.78 is 22.7. The lowest BCUT2D eigenvalue weighted by molar-refractivity contribution is -0.134. The van der Waals surface area contributed by atoms with Gasteiger partial charge in [-0.15, -0.1) is 0 Å². The van der Waals surface area contributed by atoms with E-state index in [2.05, 4.69) is 4.98 Å². The van der Waals surface area contributed by atoms with E-state index >= 15 is 0 Å². The summed E-state index contributed by atoms with van der Waals surface area (Å²) >= 11 is 6.16. The second-order valence-corrected chi connectivity index (χ2v) is 7.28. The quantitative estimate of drug-likeness (QED) is 0.342. The lowest BCUT2D eigenvalue weighted by Crippen LogP contribution is -2.21. The topological polar surface area (TPSA) is 113 Å². The van der Waals surface area contributed by atoms with E-state index in [4.69, 9.17) is 35.8 Å². The third-order valence-electron chi connectivity index (χ3n) is 4.76. The van der Waals surface area contributed by atoms with Gasteiger partial charge in [-0.2, -0.15) is 5.26 Å². The van der Waals surface area contributed by atoms with E-state index in [-0.39, 0.29) is 35.0 Å². The lowest BCUT2D eigenvalue weighted by Gasteiger charge is -2.13. The maximum atomic E-state index is 12.8. The minimum absolute atomic E-state index is 0.0261. The van der Waals surface area contributed by atoms with E-state index < -0.39 is 5.97 Å². The molecule has 1 heterocycles. The van der Waals surface area contributed by atoms with Crippen molar-refractivity contribution in [3.8, 4) is 29.1 Å². The average Bonchev–Trinajstić information content (AvgIpc) is 2.81. The summed E-state index contributed by atoms with van der Waals surface area (Å²) in [6.45, 7) is 2.33. The first-order valence-electron chi connectivity index (χ1n) is 10.1. The highest BCUT2D eigenvalue weighted by Crippen LogP contribution is 2.37. The number of ether oxygens (including phenoxy) is 4. The Labute approximate surface area is 195 Å². The molecule has 9 nitrogen and oxygen atoms in total. The SMILES string of the molecule is CCOc1cc(C#N)cc(Cl)c1OC(=O)CCCn1cnc2cc(OC)c(OC)cc2c1=O. The van der Waals surface area contributed by atoms with Gasteiger partial charge in [-0.3, -0.25) is 14.2 Å². The number of esters is 1. The number of methoxy groups -OCH3 is 2. The molecule has 0 saturated carbocycles. The fraction of sp³-hybridized carbons (Fsp3) is 0.304. The van der Waals surface area contributed by atoms with Gasteiger partial charge in [-0.25, -0.2) is 4.98 Å². The molecule has 3 rings (SSSR count). The van der Waals surface area contributed by atoms with Gasteiger partial charge in [0.1, 0.15) is 0 Å². The molecule has 0 N–H and O–H groups in total. The molecule has 0 bridgehead atoms. The van der Waals surface area contributed by atoms with Gasteiger partial charge < -0.3 is 18.9 Å². The number of fused-ring (bicyclic) bond motifs is 1. The van der Waals surface area contributed by atoms with E-state index in [0.717, 1.165) is 0 Å². The minimum Gasteiger partial charge on any atom is -0.493 e. The first kappa shape index (κ1) is 23.9. The van der Waals surface area contributed by atoms with Crippen LogP contribution in [0.25, 0.3) is 10.9 Å². The first-order valence-corrected chi connectivity index (χ1v) is 10.5. The monoisotopic (exact) mass is 471 g/mol. The number of rotatable bonds is 9. The molecular weight excluding hydrogens is 450 g/mol. The number of halogens is 1. The van der Waals surface area contributed by atoms with E-state index in [1.807, 2.05) is 6.07 Å². The van der Waals surface area contributed by atoms with Gasteiger partial charge in [0.2, 0.25) is 0 Å². The van der Waals surface area contributed by atoms with Crippen molar-refractivity contribution in [1.29, 1.82) is 5.26 Å². The van der Waals surface area contributed by atoms with Crippen molar-refractivity contribution < 1.29 is 23.7 Å². The van der Waals surface area contributed by atoms with Crippen LogP contribution in [-0.4, -0.2) is 36.3 Å². The highest BCUT2D eigenvalue weighted by Gasteiger charge is 2.17. The molecule has 0 aliphatic heterocycles. The van der Waals surface area contributed by atoms with Crippen molar-refractivity contribution in [3.63, 3.8) is 0 Å². The maximum Gasteiger partial charge on any atom is 0.311 e. The Bertz CT molecular complexity index is 1280. The molecule has 1 aromatic heterocycles. The molecular formula is C23H22ClN3O6. The molecule has 172 valence electrons. The molecule has 2 aromatic carbocycles. The zero-order valence-electron chi connectivity index (χ0n) is 18.4. The number of nitrogens with zero attached hydrogens (tertiary/aromatic N) is 3. The number of aromatic nitrogens is 2. The number of hydrogen-bond donors (Lipinski definition) is 0. The summed E-state index contributed by atoms with van der Waals surface area (Å²) in [6.07, 6.45) is 1.78. The summed E-state index contributed by atoms with van der Waals surface area (Å²) in [5.41, 5.74) is 0.510. The van der Waals surface area contributed by atoms with Crippen LogP contribution >= 0.6 is 11.6 Å². The number of carbonyl (C=O) groups is 1. The molecule has 0 radical (unpaired) electrons. The Balaban J connectivity index is 1.71. The Morgan fingerprint density at radius 2 is 1.88 bits per heavy atom. The Morgan fingerprint density at radius 3 is 2.55 bits per heavy atom. The maximum absolute atomic E-state index is 12.8. The molecule has 33 heavy (non-hydrogen) atoms. The second kappa shape index (κ2) is 10.7. The van der Waals surface area contributed by atoms with Crippen molar-refractivity contribution in [2.45, 2.75) is 26.3 Å². The summed E-state index contributed by atoms with van der Waals surface area (Å²) in [7, 11) is 2.99. The Kier molecular flexibility index (Phi) is 7.74. The van der Waals surface area contributed by atoms with Crippen molar-refractivity contribution in [1.82, 2.24) is 9.55 Å². The van der Waals surface area contributed by atoms with Crippen molar-refractivity contribution in [2.75, 3.05) is 20.8 Å². The molecule has 0 aliphatic rings. The summed E-state index contributed by atoms with van der Waals surface area (Å²) in [6, 6.07) is 8.05. The van der Waals surface area contributed by atoms with E-state index in [0.29, 0.717) is 41.0 Å². The second-order valence-electron chi connectivity index (χ2n) is 6.88. The van der Waals surface area contributed by atoms with Crippen molar-refractivity contribution >= 4 is 28.5 Å². The normalized spacial score (nSPS) is 10.5. The molecule has 0 unspecified atom stereocenters. The number of benzene rings is 2. The molecule has 0 fully saturated rings. The van der Waals surface area contributed by atoms with Gasteiger partial charge in [0.05, 0.1) is 54.7 Å². The van der Waals surface area contributed by atoms with Gasteiger partial charge in [-0.1, -0.05) is 11.6 Å². The predicted octanol–water partition coefficient (Wildman–Crippen LogP) is 3.72. The van der Waals surface area contributed by atoms with Crippen LogP contribution in [-0.2, 0) is 11.3 Å². The van der Waals surface area contributed by atoms with Gasteiger partial charge in [0, 0.05) is 25.1 Å². The zero-order chi connectivity index (χ0) is 24.0. The smallest absolute Gasteiger partial charge is 0.311 e. The third-order valence-corrected chi connectivity index (χ3v) is 5.04. The van der Waals surface area contributed by atoms with Crippen LogP contribution in [0, 0.1) is 11.3 Å². The fourth-order valence-electron chi connectivity index (χ4n) is 3.20. The van der Waals surface area contributed by atoms with Crippen LogP contribution in [0.2, 0.25) is 5.02 Å². The molecule has 0 aliphatic carbocycles. The van der Waals surface area contributed by atoms with E-state index in [1.54, 1.807) is 19.1 Å². The Morgan fingerprint density at radius 1 is 1.15 bits per heavy atom. The summed E-state index contributed by atoms with van der Waals surface area (Å²) in [4.78, 5) is 29.5. The van der Waals surface area contributed by atoms with E-state index in [9.17, 15) is 9.59 Å². The van der Waals surface area contributed by atoms with Crippen LogP contribution < -0.4 is 24.5 Å². The van der Waals surface area contributed by atoms with Crippen LogP contribution in [0.1, 0.15) is 25.3 Å². The van der Waals surface area contributed by atoms with Crippen LogP contribution in [0.5, 0.6) is 23.0 Å². The molecule has 10 heteroatoms. The zero-order valence-corrected chi connectivity index (χ0v) is 19.1. The fourth-order valence-corrected chi connectivity index (χ4v) is 3.45. The predicted molar refractivity (Wildman–Crippen MR) is 121 cm³/mol. The molecule has 0 saturated heterocycles. The highest BCUT2D eigenvalue weighted by atomic mass is 35.5.